The van der Waals surface area contributed by atoms with Gasteiger partial charge in [0.15, 0.2) is 0 Å². The van der Waals surface area contributed by atoms with Gasteiger partial charge >= 0.3 is 12.1 Å². The van der Waals surface area contributed by atoms with Crippen LogP contribution in [0.1, 0.15) is 67.0 Å². The van der Waals surface area contributed by atoms with Gasteiger partial charge in [-0.15, -0.1) is 0 Å². The Morgan fingerprint density at radius 2 is 1.65 bits per heavy atom. The molecule has 1 fully saturated rings. The van der Waals surface area contributed by atoms with Crippen molar-refractivity contribution in [1.82, 2.24) is 25.9 Å². The Balaban J connectivity index is 1.25. The molecule has 2 aromatic carbocycles. The summed E-state index contributed by atoms with van der Waals surface area (Å²) >= 11 is 7.10. The minimum atomic E-state index is -4.81. The van der Waals surface area contributed by atoms with Gasteiger partial charge in [-0.2, -0.15) is 18.2 Å². The number of amides is 1. The van der Waals surface area contributed by atoms with E-state index in [1.807, 2.05) is 48.5 Å². The van der Waals surface area contributed by atoms with Crippen molar-refractivity contribution in [3.8, 4) is 40.0 Å². The van der Waals surface area contributed by atoms with E-state index < -0.39 is 35.7 Å². The van der Waals surface area contributed by atoms with Crippen LogP contribution in [0.4, 0.5) is 13.2 Å². The van der Waals surface area contributed by atoms with Crippen molar-refractivity contribution in [3.63, 3.8) is 0 Å². The fourth-order valence-electron chi connectivity index (χ4n) is 7.15. The summed E-state index contributed by atoms with van der Waals surface area (Å²) in [5.41, 5.74) is 4.25. The number of nitrogens with zero attached hydrogens (tertiary/aromatic N) is 2. The van der Waals surface area contributed by atoms with Crippen molar-refractivity contribution in [1.29, 1.82) is 0 Å². The summed E-state index contributed by atoms with van der Waals surface area (Å²) < 4.78 is 60.5. The van der Waals surface area contributed by atoms with Crippen LogP contribution in [0.3, 0.4) is 0 Å². The molecule has 4 aromatic rings. The average molecular weight is 782 g/mol. The highest BCUT2D eigenvalue weighted by Gasteiger charge is 2.39. The van der Waals surface area contributed by atoms with E-state index in [0.717, 1.165) is 34.7 Å². The first-order valence-corrected chi connectivity index (χ1v) is 18.4. The summed E-state index contributed by atoms with van der Waals surface area (Å²) in [6, 6.07) is 15.0. The molecular formula is C40H43ClF3N5O6. The fourth-order valence-corrected chi connectivity index (χ4v) is 7.48. The third-order valence-corrected chi connectivity index (χ3v) is 10.3. The first-order valence-electron chi connectivity index (χ1n) is 18.0. The van der Waals surface area contributed by atoms with Crippen molar-refractivity contribution >= 4 is 23.5 Å². The zero-order valence-electron chi connectivity index (χ0n) is 30.9. The number of carboxylic acids is 1. The molecule has 1 saturated heterocycles. The molecule has 0 spiro atoms. The van der Waals surface area contributed by atoms with Crippen molar-refractivity contribution in [3.05, 3.63) is 87.4 Å². The van der Waals surface area contributed by atoms with Crippen LogP contribution in [-0.4, -0.2) is 59.8 Å². The van der Waals surface area contributed by atoms with Crippen molar-refractivity contribution < 1.29 is 42.1 Å². The maximum Gasteiger partial charge on any atom is 0.421 e. The monoisotopic (exact) mass is 781 g/mol. The number of ether oxygens (including phenoxy) is 3. The Labute approximate surface area is 322 Å². The molecule has 11 nitrogen and oxygen atoms in total. The topological polar surface area (TPSA) is 144 Å². The maximum atomic E-state index is 14.5. The predicted molar refractivity (Wildman–Crippen MR) is 200 cm³/mol. The number of benzene rings is 2. The molecule has 4 N–H and O–H groups in total. The standard InChI is InChI=1S/C40H43ClF3N5O6/c1-21(2)35(39(51)52)46-19-23-17-30(40(42,43)44)38(49-37(23)54-4)55-32-15-13-26-25(7-5-8-27(26)32)28-9-6-10-29(34(28)41)31-14-11-22(36(48-31)53-3)18-45-20-24-12-16-33(50)47-24/h5-11,14,17,21,24,32,35,45-46H,12-13,15-16,18-20H2,1-4H3,(H,47,50)(H,51,52)/t24-,32-,35-/m0/s1. The number of carbonyl (C=O) groups excluding carboxylic acids is 1. The van der Waals surface area contributed by atoms with Crippen molar-refractivity contribution in [2.45, 2.75) is 77.0 Å². The van der Waals surface area contributed by atoms with E-state index in [4.69, 9.17) is 30.8 Å². The number of hydrogen-bond donors (Lipinski definition) is 4. The molecule has 15 heteroatoms. The van der Waals surface area contributed by atoms with Crippen LogP contribution < -0.4 is 30.2 Å². The van der Waals surface area contributed by atoms with Gasteiger partial charge in [-0.1, -0.05) is 67.9 Å². The second-order valence-electron chi connectivity index (χ2n) is 13.9. The lowest BCUT2D eigenvalue weighted by Crippen LogP contribution is -2.40. The van der Waals surface area contributed by atoms with Gasteiger partial charge in [0.2, 0.25) is 23.5 Å². The number of carbonyl (C=O) groups is 2. The third-order valence-electron chi connectivity index (χ3n) is 9.93. The molecule has 292 valence electrons. The number of fused-ring (bicyclic) bond motifs is 1. The molecule has 0 radical (unpaired) electrons. The molecular weight excluding hydrogens is 739 g/mol. The Kier molecular flexibility index (Phi) is 12.2. The van der Waals surface area contributed by atoms with Gasteiger partial charge in [-0.3, -0.25) is 14.9 Å². The Morgan fingerprint density at radius 3 is 2.33 bits per heavy atom. The largest absolute Gasteiger partial charge is 0.481 e. The van der Waals surface area contributed by atoms with Crippen LogP contribution >= 0.6 is 11.6 Å². The number of halogens is 4. The normalized spacial score (nSPS) is 17.2. The summed E-state index contributed by atoms with van der Waals surface area (Å²) in [6.45, 7) is 4.31. The Bertz CT molecular complexity index is 2060. The number of carboxylic acid groups (broad SMARTS) is 1. The lowest BCUT2D eigenvalue weighted by molar-refractivity contribution is -0.141. The van der Waals surface area contributed by atoms with Crippen LogP contribution in [0.5, 0.6) is 17.6 Å². The number of nitrogens with one attached hydrogen (secondary N) is 3. The molecule has 55 heavy (non-hydrogen) atoms. The summed E-state index contributed by atoms with van der Waals surface area (Å²) in [6.07, 6.45) is -3.32. The van der Waals surface area contributed by atoms with Gasteiger partial charge in [0.05, 0.1) is 24.9 Å². The summed E-state index contributed by atoms with van der Waals surface area (Å²) in [7, 11) is 2.84. The minimum Gasteiger partial charge on any atom is -0.481 e. The fraction of sp³-hybridized carbons (Fsp3) is 0.400. The number of hydrogen-bond acceptors (Lipinski definition) is 9. The van der Waals surface area contributed by atoms with Crippen LogP contribution in [0.15, 0.2) is 54.6 Å². The van der Waals surface area contributed by atoms with Crippen molar-refractivity contribution in [2.24, 2.45) is 5.92 Å². The van der Waals surface area contributed by atoms with E-state index in [1.54, 1.807) is 21.0 Å². The zero-order valence-corrected chi connectivity index (χ0v) is 31.6. The molecule has 1 aliphatic heterocycles. The molecule has 0 saturated carbocycles. The SMILES string of the molecule is COc1nc(-c2cccc(-c3cccc4c3CC[C@@H]4Oc3nc(OC)c(CN[C@H](C(=O)O)C(C)C)cc3C(F)(F)F)c2Cl)ccc1CNC[C@@H]1CCC(=O)N1. The molecule has 0 bridgehead atoms. The second kappa shape index (κ2) is 16.8. The highest BCUT2D eigenvalue weighted by molar-refractivity contribution is 6.36. The lowest BCUT2D eigenvalue weighted by Gasteiger charge is -2.22. The number of pyridine rings is 2. The number of aromatic nitrogens is 2. The van der Waals surface area contributed by atoms with Gasteiger partial charge in [-0.05, 0) is 54.0 Å². The Morgan fingerprint density at radius 1 is 0.945 bits per heavy atom. The van der Waals surface area contributed by atoms with Crippen molar-refractivity contribution in [2.75, 3.05) is 20.8 Å². The second-order valence-corrected chi connectivity index (χ2v) is 14.3. The number of alkyl halides is 3. The quantitative estimate of drug-likeness (QED) is 0.0984. The van der Waals surface area contributed by atoms with Crippen LogP contribution in [0.25, 0.3) is 22.4 Å². The van der Waals surface area contributed by atoms with E-state index in [2.05, 4.69) is 20.9 Å². The molecule has 2 aromatic heterocycles. The predicted octanol–water partition coefficient (Wildman–Crippen LogP) is 7.13. The molecule has 6 rings (SSSR count). The average Bonchev–Trinajstić information content (AvgIpc) is 3.76. The molecule has 0 unspecified atom stereocenters. The van der Waals surface area contributed by atoms with Gasteiger partial charge in [0.25, 0.3) is 0 Å². The van der Waals surface area contributed by atoms with Crippen LogP contribution in [0.2, 0.25) is 5.02 Å². The highest BCUT2D eigenvalue weighted by atomic mass is 35.5. The molecule has 1 aliphatic carbocycles. The summed E-state index contributed by atoms with van der Waals surface area (Å²) in [5, 5.41) is 19.1. The number of aliphatic carboxylic acids is 1. The maximum absolute atomic E-state index is 14.5. The molecule has 2 aliphatic rings. The van der Waals surface area contributed by atoms with Crippen LogP contribution in [0, 0.1) is 5.92 Å². The number of rotatable bonds is 15. The van der Waals surface area contributed by atoms with E-state index in [0.29, 0.717) is 60.1 Å². The van der Waals surface area contributed by atoms with Gasteiger partial charge < -0.3 is 30.0 Å². The molecule has 3 heterocycles. The van der Waals surface area contributed by atoms with E-state index in [9.17, 15) is 27.9 Å². The van der Waals surface area contributed by atoms with E-state index in [-0.39, 0.29) is 35.9 Å². The molecule has 3 atom stereocenters. The molecule has 1 amide bonds. The third kappa shape index (κ3) is 8.82. The van der Waals surface area contributed by atoms with Gasteiger partial charge in [0, 0.05) is 54.4 Å². The minimum absolute atomic E-state index is 0.0479. The smallest absolute Gasteiger partial charge is 0.421 e. The van der Waals surface area contributed by atoms with E-state index in [1.165, 1.54) is 7.11 Å². The first kappa shape index (κ1) is 39.8. The van der Waals surface area contributed by atoms with Gasteiger partial charge in [0.1, 0.15) is 17.7 Å². The first-order chi connectivity index (χ1) is 26.3. The van der Waals surface area contributed by atoms with Crippen LogP contribution in [-0.2, 0) is 35.3 Å². The zero-order chi connectivity index (χ0) is 39.4. The summed E-state index contributed by atoms with van der Waals surface area (Å²) in [4.78, 5) is 32.1. The van der Waals surface area contributed by atoms with E-state index >= 15 is 0 Å². The highest BCUT2D eigenvalue weighted by Crippen LogP contribution is 2.46. The summed E-state index contributed by atoms with van der Waals surface area (Å²) in [5.74, 6) is -1.66. The number of methoxy groups -OCH3 is 2. The lowest BCUT2D eigenvalue weighted by atomic mass is 9.94. The van der Waals surface area contributed by atoms with Gasteiger partial charge in [-0.25, -0.2) is 4.98 Å². The Hall–Kier alpha value is -4.92.